The molecule has 152 valence electrons. The van der Waals surface area contributed by atoms with Gasteiger partial charge >= 0.3 is 0 Å². The third kappa shape index (κ3) is 4.11. The van der Waals surface area contributed by atoms with Gasteiger partial charge < -0.3 is 14.5 Å². The summed E-state index contributed by atoms with van der Waals surface area (Å²) in [6.45, 7) is 5.45. The Kier molecular flexibility index (Phi) is 5.75. The smallest absolute Gasteiger partial charge is 0.245 e. The van der Waals surface area contributed by atoms with Crippen LogP contribution in [0.2, 0.25) is 0 Å². The first-order valence-electron chi connectivity index (χ1n) is 10.3. The Morgan fingerprint density at radius 1 is 1.07 bits per heavy atom. The number of likely N-dealkylation sites (tertiary alicyclic amines) is 1. The monoisotopic (exact) mass is 387 g/mol. The minimum Gasteiger partial charge on any atom is -0.485 e. The molecule has 2 aliphatic heterocycles. The van der Waals surface area contributed by atoms with E-state index in [1.807, 2.05) is 4.90 Å². The van der Waals surface area contributed by atoms with E-state index < -0.39 is 6.04 Å². The zero-order valence-corrected chi connectivity index (χ0v) is 16.5. The number of amides is 2. The van der Waals surface area contributed by atoms with E-state index in [-0.39, 0.29) is 17.9 Å². The Morgan fingerprint density at radius 2 is 1.86 bits per heavy atom. The molecule has 0 aromatic carbocycles. The van der Waals surface area contributed by atoms with Crippen LogP contribution >= 0.6 is 0 Å². The Morgan fingerprint density at radius 3 is 2.54 bits per heavy atom. The average molecular weight is 387 g/mol. The van der Waals surface area contributed by atoms with E-state index in [4.69, 9.17) is 4.74 Å². The van der Waals surface area contributed by atoms with Gasteiger partial charge in [0.25, 0.3) is 0 Å². The molecule has 2 atom stereocenters. The second-order valence-electron chi connectivity index (χ2n) is 8.04. The van der Waals surface area contributed by atoms with Crippen LogP contribution in [0.3, 0.4) is 0 Å². The minimum atomic E-state index is -0.442. The van der Waals surface area contributed by atoms with Crippen molar-refractivity contribution in [2.75, 3.05) is 32.7 Å². The number of nitrogens with zero attached hydrogens (tertiary/aromatic N) is 5. The molecule has 4 rings (SSSR count). The number of rotatable bonds is 4. The third-order valence-corrected chi connectivity index (χ3v) is 6.23. The van der Waals surface area contributed by atoms with E-state index in [2.05, 4.69) is 14.9 Å². The van der Waals surface area contributed by atoms with Crippen molar-refractivity contribution in [2.24, 2.45) is 0 Å². The fraction of sp³-hybridized carbons (Fsp3) is 0.700. The Bertz CT molecular complexity index is 696. The highest BCUT2D eigenvalue weighted by molar-refractivity contribution is 5.87. The Labute approximate surface area is 165 Å². The second kappa shape index (κ2) is 8.43. The number of carbonyl (C=O) groups is 2. The van der Waals surface area contributed by atoms with Crippen LogP contribution in [0, 0.1) is 0 Å². The molecule has 2 saturated heterocycles. The average Bonchev–Trinajstić information content (AvgIpc) is 2.92. The van der Waals surface area contributed by atoms with Gasteiger partial charge in [0, 0.05) is 45.6 Å². The summed E-state index contributed by atoms with van der Waals surface area (Å²) in [7, 11) is 0. The zero-order chi connectivity index (χ0) is 19.5. The van der Waals surface area contributed by atoms with Crippen molar-refractivity contribution in [3.8, 4) is 5.75 Å². The van der Waals surface area contributed by atoms with Crippen molar-refractivity contribution in [3.05, 3.63) is 18.7 Å². The molecule has 8 heteroatoms. The Hall–Kier alpha value is -2.22. The summed E-state index contributed by atoms with van der Waals surface area (Å²) in [5.41, 5.74) is 0. The van der Waals surface area contributed by atoms with Gasteiger partial charge in [0.05, 0.1) is 18.9 Å². The van der Waals surface area contributed by atoms with Crippen molar-refractivity contribution in [1.82, 2.24) is 24.7 Å². The van der Waals surface area contributed by atoms with Gasteiger partial charge in [-0.05, 0) is 19.3 Å². The highest BCUT2D eigenvalue weighted by Crippen LogP contribution is 2.27. The molecule has 0 radical (unpaired) electrons. The predicted octanol–water partition coefficient (Wildman–Crippen LogP) is 0.932. The third-order valence-electron chi connectivity index (χ3n) is 6.23. The highest BCUT2D eigenvalue weighted by Gasteiger charge is 2.41. The predicted molar refractivity (Wildman–Crippen MR) is 103 cm³/mol. The van der Waals surface area contributed by atoms with Crippen LogP contribution in [-0.4, -0.2) is 87.4 Å². The topological polar surface area (TPSA) is 78.9 Å². The molecule has 0 spiro atoms. The van der Waals surface area contributed by atoms with Crippen molar-refractivity contribution in [2.45, 2.75) is 57.2 Å². The van der Waals surface area contributed by atoms with Crippen molar-refractivity contribution < 1.29 is 14.3 Å². The number of aromatic nitrogens is 2. The van der Waals surface area contributed by atoms with Crippen LogP contribution in [0.25, 0.3) is 0 Å². The van der Waals surface area contributed by atoms with Crippen molar-refractivity contribution >= 4 is 11.8 Å². The number of hydrogen-bond donors (Lipinski definition) is 0. The summed E-state index contributed by atoms with van der Waals surface area (Å²) in [5, 5.41) is 0. The van der Waals surface area contributed by atoms with Gasteiger partial charge in [0.15, 0.2) is 5.75 Å². The maximum Gasteiger partial charge on any atom is 0.245 e. The summed E-state index contributed by atoms with van der Waals surface area (Å²) in [6.07, 6.45) is 9.84. The van der Waals surface area contributed by atoms with Gasteiger partial charge in [0.1, 0.15) is 18.5 Å². The van der Waals surface area contributed by atoms with Crippen molar-refractivity contribution in [3.63, 3.8) is 0 Å². The van der Waals surface area contributed by atoms with E-state index >= 15 is 0 Å². The number of ether oxygens (including phenoxy) is 1. The molecule has 1 aliphatic carbocycles. The van der Waals surface area contributed by atoms with Crippen LogP contribution in [0.4, 0.5) is 0 Å². The van der Waals surface area contributed by atoms with Gasteiger partial charge in [-0.15, -0.1) is 0 Å². The van der Waals surface area contributed by atoms with Crippen LogP contribution in [-0.2, 0) is 9.59 Å². The largest absolute Gasteiger partial charge is 0.485 e. The summed E-state index contributed by atoms with van der Waals surface area (Å²) >= 11 is 0. The molecule has 0 N–H and O–H groups in total. The molecular formula is C20H29N5O3. The molecule has 28 heavy (non-hydrogen) atoms. The van der Waals surface area contributed by atoms with Crippen LogP contribution in [0.5, 0.6) is 5.75 Å². The van der Waals surface area contributed by atoms with Gasteiger partial charge in [-0.25, -0.2) is 9.97 Å². The maximum absolute atomic E-state index is 13.3. The molecule has 3 fully saturated rings. The number of hydrogen-bond acceptors (Lipinski definition) is 6. The van der Waals surface area contributed by atoms with Crippen LogP contribution < -0.4 is 4.74 Å². The standard InChI is InChI=1S/C20H29N5O3/c1-15(26)25-13-17(28-18-11-21-14-22-12-18)10-19(25)20(27)24-7-3-6-23(8-9-24)16-4-2-5-16/h11-12,14,16-17,19H,2-10,13H2,1H3. The fourth-order valence-corrected chi connectivity index (χ4v) is 4.49. The van der Waals surface area contributed by atoms with Crippen molar-refractivity contribution in [1.29, 1.82) is 0 Å². The highest BCUT2D eigenvalue weighted by atomic mass is 16.5. The first kappa shape index (κ1) is 19.1. The first-order chi connectivity index (χ1) is 13.6. The zero-order valence-electron chi connectivity index (χ0n) is 16.5. The van der Waals surface area contributed by atoms with Gasteiger partial charge in [-0.3, -0.25) is 14.5 Å². The molecule has 1 saturated carbocycles. The molecule has 2 unspecified atom stereocenters. The van der Waals surface area contributed by atoms with Crippen LogP contribution in [0.1, 0.15) is 39.0 Å². The van der Waals surface area contributed by atoms with E-state index in [1.54, 1.807) is 17.3 Å². The van der Waals surface area contributed by atoms with E-state index in [0.29, 0.717) is 24.8 Å². The molecule has 1 aromatic heterocycles. The molecule has 0 bridgehead atoms. The Balaban J connectivity index is 1.39. The molecule has 3 aliphatic rings. The van der Waals surface area contributed by atoms with Gasteiger partial charge in [-0.2, -0.15) is 0 Å². The molecule has 2 amide bonds. The lowest BCUT2D eigenvalue weighted by molar-refractivity contribution is -0.142. The summed E-state index contributed by atoms with van der Waals surface area (Å²) in [6, 6.07) is 0.267. The minimum absolute atomic E-state index is 0.0565. The molecule has 1 aromatic rings. The lowest BCUT2D eigenvalue weighted by atomic mass is 9.91. The number of carbonyl (C=O) groups excluding carboxylic acids is 2. The second-order valence-corrected chi connectivity index (χ2v) is 8.04. The van der Waals surface area contributed by atoms with Gasteiger partial charge in [-0.1, -0.05) is 6.42 Å². The lowest BCUT2D eigenvalue weighted by Crippen LogP contribution is -2.48. The summed E-state index contributed by atoms with van der Waals surface area (Å²) < 4.78 is 5.92. The van der Waals surface area contributed by atoms with Gasteiger partial charge in [0.2, 0.25) is 11.8 Å². The van der Waals surface area contributed by atoms with E-state index in [1.165, 1.54) is 32.5 Å². The summed E-state index contributed by atoms with van der Waals surface area (Å²) in [5.74, 6) is 0.538. The lowest BCUT2D eigenvalue weighted by Gasteiger charge is -2.36. The summed E-state index contributed by atoms with van der Waals surface area (Å²) in [4.78, 5) is 39.5. The van der Waals surface area contributed by atoms with E-state index in [9.17, 15) is 9.59 Å². The van der Waals surface area contributed by atoms with E-state index in [0.717, 1.165) is 32.6 Å². The van der Waals surface area contributed by atoms with Crippen LogP contribution in [0.15, 0.2) is 18.7 Å². The quantitative estimate of drug-likeness (QED) is 0.765. The first-order valence-corrected chi connectivity index (χ1v) is 10.3. The normalized spacial score (nSPS) is 26.6. The maximum atomic E-state index is 13.3. The molecule has 3 heterocycles. The SMILES string of the molecule is CC(=O)N1CC(Oc2cncnc2)CC1C(=O)N1CCCN(C2CCC2)CC1. The molecular weight excluding hydrogens is 358 g/mol. The fourth-order valence-electron chi connectivity index (χ4n) is 4.49. The molecule has 8 nitrogen and oxygen atoms in total.